The van der Waals surface area contributed by atoms with Gasteiger partial charge in [-0.1, -0.05) is 29.8 Å². The van der Waals surface area contributed by atoms with E-state index in [9.17, 15) is 13.2 Å². The van der Waals surface area contributed by atoms with Gasteiger partial charge < -0.3 is 14.8 Å². The summed E-state index contributed by atoms with van der Waals surface area (Å²) in [5.41, 5.74) is 2.25. The molecule has 0 spiro atoms. The van der Waals surface area contributed by atoms with Crippen molar-refractivity contribution in [1.82, 2.24) is 5.32 Å². The molecule has 3 aromatic rings. The molecule has 0 aromatic heterocycles. The maximum absolute atomic E-state index is 13.6. The molecule has 1 amide bonds. The number of hydrogen-bond acceptors (Lipinski definition) is 5. The number of nitrogens with zero attached hydrogens (tertiary/aromatic N) is 1. The fourth-order valence-corrected chi connectivity index (χ4v) is 5.45. The molecule has 0 bridgehead atoms. The van der Waals surface area contributed by atoms with E-state index in [2.05, 4.69) is 21.2 Å². The lowest BCUT2D eigenvalue weighted by atomic mass is 10.2. The molecule has 0 saturated carbocycles. The first kappa shape index (κ1) is 26.6. The molecule has 0 aliphatic heterocycles. The summed E-state index contributed by atoms with van der Waals surface area (Å²) in [4.78, 5) is 12.9. The summed E-state index contributed by atoms with van der Waals surface area (Å²) >= 11 is 3.34. The number of nitrogens with one attached hydrogen (secondary N) is 1. The molecule has 1 N–H and O–H groups in total. The minimum Gasteiger partial charge on any atom is -0.496 e. The smallest absolute Gasteiger partial charge is 0.264 e. The third-order valence-corrected chi connectivity index (χ3v) is 7.49. The molecular formula is C26H29BrN2O5S. The molecule has 0 saturated heterocycles. The second-order valence-corrected chi connectivity index (χ2v) is 10.9. The Morgan fingerprint density at radius 1 is 1.03 bits per heavy atom. The summed E-state index contributed by atoms with van der Waals surface area (Å²) in [5, 5.41) is 2.81. The Hall–Kier alpha value is -3.04. The summed E-state index contributed by atoms with van der Waals surface area (Å²) in [6, 6.07) is 18.9. The van der Waals surface area contributed by atoms with Gasteiger partial charge >= 0.3 is 0 Å². The minimum absolute atomic E-state index is 0.0410. The van der Waals surface area contributed by atoms with Crippen molar-refractivity contribution in [3.63, 3.8) is 0 Å². The van der Waals surface area contributed by atoms with E-state index in [0.29, 0.717) is 15.9 Å². The molecule has 0 fully saturated rings. The summed E-state index contributed by atoms with van der Waals surface area (Å²) < 4.78 is 39.6. The van der Waals surface area contributed by atoms with Gasteiger partial charge in [-0.3, -0.25) is 9.10 Å². The molecule has 3 rings (SSSR count). The monoisotopic (exact) mass is 560 g/mol. The first-order chi connectivity index (χ1) is 16.6. The lowest BCUT2D eigenvalue weighted by Gasteiger charge is -2.24. The molecule has 0 aliphatic carbocycles. The molecule has 186 valence electrons. The Bertz CT molecular complexity index is 1260. The van der Waals surface area contributed by atoms with Gasteiger partial charge in [-0.2, -0.15) is 0 Å². The number of sulfonamides is 1. The highest BCUT2D eigenvalue weighted by atomic mass is 79.9. The SMILES string of the molecule is COc1ccc(S(=O)(=O)N(CC(=O)NCc2ccc(OC(C)C)cc2)c2ccc(C)cc2)cc1Br. The third kappa shape index (κ3) is 6.99. The van der Waals surface area contributed by atoms with Crippen LogP contribution in [0.1, 0.15) is 25.0 Å². The molecule has 35 heavy (non-hydrogen) atoms. The van der Waals surface area contributed by atoms with E-state index in [0.717, 1.165) is 21.2 Å². The van der Waals surface area contributed by atoms with Crippen molar-refractivity contribution < 1.29 is 22.7 Å². The zero-order chi connectivity index (χ0) is 25.6. The van der Waals surface area contributed by atoms with Crippen molar-refractivity contribution in [2.24, 2.45) is 0 Å². The first-order valence-corrected chi connectivity index (χ1v) is 13.3. The van der Waals surface area contributed by atoms with Crippen LogP contribution in [0.5, 0.6) is 11.5 Å². The number of benzene rings is 3. The van der Waals surface area contributed by atoms with Crippen LogP contribution in [-0.4, -0.2) is 34.1 Å². The van der Waals surface area contributed by atoms with Gasteiger partial charge in [-0.05, 0) is 84.7 Å². The van der Waals surface area contributed by atoms with Crippen LogP contribution in [0, 0.1) is 6.92 Å². The van der Waals surface area contributed by atoms with Crippen molar-refractivity contribution >= 4 is 37.5 Å². The lowest BCUT2D eigenvalue weighted by molar-refractivity contribution is -0.119. The van der Waals surface area contributed by atoms with E-state index in [4.69, 9.17) is 9.47 Å². The van der Waals surface area contributed by atoms with E-state index in [1.54, 1.807) is 30.3 Å². The number of carbonyl (C=O) groups excluding carboxylic acids is 1. The normalized spacial score (nSPS) is 11.3. The lowest BCUT2D eigenvalue weighted by Crippen LogP contribution is -2.40. The van der Waals surface area contributed by atoms with Crippen molar-refractivity contribution in [3.05, 3.63) is 82.3 Å². The largest absolute Gasteiger partial charge is 0.496 e. The zero-order valence-corrected chi connectivity index (χ0v) is 22.5. The van der Waals surface area contributed by atoms with Crippen LogP contribution in [0.3, 0.4) is 0 Å². The molecule has 0 heterocycles. The highest BCUT2D eigenvalue weighted by molar-refractivity contribution is 9.10. The fourth-order valence-electron chi connectivity index (χ4n) is 3.31. The number of aryl methyl sites for hydroxylation is 1. The van der Waals surface area contributed by atoms with Crippen molar-refractivity contribution in [3.8, 4) is 11.5 Å². The number of anilines is 1. The summed E-state index contributed by atoms with van der Waals surface area (Å²) in [7, 11) is -2.54. The van der Waals surface area contributed by atoms with Gasteiger partial charge in [-0.25, -0.2) is 8.42 Å². The highest BCUT2D eigenvalue weighted by Gasteiger charge is 2.28. The number of ether oxygens (including phenoxy) is 2. The predicted molar refractivity (Wildman–Crippen MR) is 140 cm³/mol. The number of hydrogen-bond donors (Lipinski definition) is 1. The second-order valence-electron chi connectivity index (χ2n) is 8.23. The Balaban J connectivity index is 1.80. The van der Waals surface area contributed by atoms with Crippen LogP contribution >= 0.6 is 15.9 Å². The molecule has 9 heteroatoms. The van der Waals surface area contributed by atoms with Gasteiger partial charge in [0.15, 0.2) is 0 Å². The van der Waals surface area contributed by atoms with E-state index >= 15 is 0 Å². The fraction of sp³-hybridized carbons (Fsp3) is 0.269. The Kier molecular flexibility index (Phi) is 8.80. The topological polar surface area (TPSA) is 84.9 Å². The van der Waals surface area contributed by atoms with Crippen LogP contribution in [-0.2, 0) is 21.4 Å². The third-order valence-electron chi connectivity index (χ3n) is 5.11. The molecule has 0 unspecified atom stereocenters. The van der Waals surface area contributed by atoms with E-state index in [1.165, 1.54) is 19.2 Å². The van der Waals surface area contributed by atoms with Crippen LogP contribution in [0.15, 0.2) is 76.1 Å². The van der Waals surface area contributed by atoms with Gasteiger partial charge in [0.1, 0.15) is 18.0 Å². The minimum atomic E-state index is -4.04. The van der Waals surface area contributed by atoms with Crippen LogP contribution in [0.4, 0.5) is 5.69 Å². The molecule has 0 atom stereocenters. The number of carbonyl (C=O) groups is 1. The first-order valence-electron chi connectivity index (χ1n) is 11.1. The van der Waals surface area contributed by atoms with E-state index in [1.807, 2.05) is 45.0 Å². The second kappa shape index (κ2) is 11.6. The van der Waals surface area contributed by atoms with E-state index < -0.39 is 15.9 Å². The zero-order valence-electron chi connectivity index (χ0n) is 20.1. The van der Waals surface area contributed by atoms with Gasteiger partial charge in [0.05, 0.1) is 28.3 Å². The average Bonchev–Trinajstić information content (AvgIpc) is 2.82. The van der Waals surface area contributed by atoms with Crippen LogP contribution in [0.25, 0.3) is 0 Å². The highest BCUT2D eigenvalue weighted by Crippen LogP contribution is 2.30. The molecule has 7 nitrogen and oxygen atoms in total. The summed E-state index contributed by atoms with van der Waals surface area (Å²) in [6.07, 6.45) is 0.0709. The van der Waals surface area contributed by atoms with Crippen molar-refractivity contribution in [1.29, 1.82) is 0 Å². The van der Waals surface area contributed by atoms with Crippen molar-refractivity contribution in [2.75, 3.05) is 18.0 Å². The van der Waals surface area contributed by atoms with E-state index in [-0.39, 0.29) is 24.1 Å². The van der Waals surface area contributed by atoms with Crippen molar-refractivity contribution in [2.45, 2.75) is 38.3 Å². The molecule has 3 aromatic carbocycles. The quantitative estimate of drug-likeness (QED) is 0.374. The van der Waals surface area contributed by atoms with Gasteiger partial charge in [0, 0.05) is 6.54 Å². The summed E-state index contributed by atoms with van der Waals surface area (Å²) in [5.74, 6) is 0.829. The molecule has 0 aliphatic rings. The maximum Gasteiger partial charge on any atom is 0.264 e. The Morgan fingerprint density at radius 2 is 1.69 bits per heavy atom. The molecule has 0 radical (unpaired) electrons. The van der Waals surface area contributed by atoms with Gasteiger partial charge in [0.25, 0.3) is 10.0 Å². The Labute approximate surface area is 215 Å². The number of amides is 1. The van der Waals surface area contributed by atoms with Crippen LogP contribution < -0.4 is 19.1 Å². The average molecular weight is 561 g/mol. The van der Waals surface area contributed by atoms with Gasteiger partial charge in [0.2, 0.25) is 5.91 Å². The predicted octanol–water partition coefficient (Wildman–Crippen LogP) is 5.07. The standard InChI is InChI=1S/C26H29BrN2O5S/c1-18(2)34-22-11-7-20(8-12-22)16-28-26(30)17-29(21-9-5-19(3)6-10-21)35(31,32)23-13-14-25(33-4)24(27)15-23/h5-15,18H,16-17H2,1-4H3,(H,28,30). The number of methoxy groups -OCH3 is 1. The summed E-state index contributed by atoms with van der Waals surface area (Å²) in [6.45, 7) is 5.70. The maximum atomic E-state index is 13.6. The Morgan fingerprint density at radius 3 is 2.26 bits per heavy atom. The number of rotatable bonds is 10. The van der Waals surface area contributed by atoms with Gasteiger partial charge in [-0.15, -0.1) is 0 Å². The van der Waals surface area contributed by atoms with Crippen LogP contribution in [0.2, 0.25) is 0 Å². The molecular weight excluding hydrogens is 532 g/mol. The number of halogens is 1.